The van der Waals surface area contributed by atoms with Gasteiger partial charge in [0, 0.05) is 12.6 Å². The van der Waals surface area contributed by atoms with Crippen LogP contribution in [-0.4, -0.2) is 42.7 Å². The van der Waals surface area contributed by atoms with Crippen molar-refractivity contribution in [3.63, 3.8) is 0 Å². The van der Waals surface area contributed by atoms with Crippen molar-refractivity contribution in [2.45, 2.75) is 32.9 Å². The number of furan rings is 1. The zero-order chi connectivity index (χ0) is 14.4. The van der Waals surface area contributed by atoms with Crippen molar-refractivity contribution in [1.29, 1.82) is 0 Å². The van der Waals surface area contributed by atoms with E-state index >= 15 is 0 Å². The van der Waals surface area contributed by atoms with Crippen LogP contribution < -0.4 is 5.32 Å². The highest BCUT2D eigenvalue weighted by Crippen LogP contribution is 2.12. The van der Waals surface area contributed by atoms with E-state index in [1.54, 1.807) is 0 Å². The quantitative estimate of drug-likeness (QED) is 0.755. The van der Waals surface area contributed by atoms with Gasteiger partial charge in [0.1, 0.15) is 11.3 Å². The standard InChI is InChI=1S/C14H24N2O3/c1-10(2)7-11(9-16(3)4)15-8-13-12(14(17)18)5-6-19-13/h5-6,10-11,15H,7-9H2,1-4H3,(H,17,18). The first-order valence-corrected chi connectivity index (χ1v) is 6.58. The van der Waals surface area contributed by atoms with Gasteiger partial charge in [-0.25, -0.2) is 4.79 Å². The summed E-state index contributed by atoms with van der Waals surface area (Å²) < 4.78 is 5.23. The van der Waals surface area contributed by atoms with E-state index in [4.69, 9.17) is 9.52 Å². The van der Waals surface area contributed by atoms with Crippen molar-refractivity contribution in [2.24, 2.45) is 5.92 Å². The summed E-state index contributed by atoms with van der Waals surface area (Å²) in [6.45, 7) is 5.72. The van der Waals surface area contributed by atoms with Gasteiger partial charge in [-0.05, 0) is 32.5 Å². The first kappa shape index (κ1) is 15.7. The number of aromatic carboxylic acids is 1. The summed E-state index contributed by atoms with van der Waals surface area (Å²) in [6, 6.07) is 1.81. The van der Waals surface area contributed by atoms with Gasteiger partial charge < -0.3 is 19.7 Å². The molecule has 19 heavy (non-hydrogen) atoms. The number of hydrogen-bond donors (Lipinski definition) is 2. The highest BCUT2D eigenvalue weighted by molar-refractivity contribution is 5.88. The van der Waals surface area contributed by atoms with E-state index in [9.17, 15) is 4.79 Å². The van der Waals surface area contributed by atoms with E-state index in [-0.39, 0.29) is 5.56 Å². The Labute approximate surface area is 114 Å². The summed E-state index contributed by atoms with van der Waals surface area (Å²) in [5.41, 5.74) is 0.237. The van der Waals surface area contributed by atoms with E-state index in [2.05, 4.69) is 24.1 Å². The Kier molecular flexibility index (Phi) is 6.05. The molecule has 1 heterocycles. The van der Waals surface area contributed by atoms with E-state index in [0.717, 1.165) is 13.0 Å². The molecule has 0 bridgehead atoms. The van der Waals surface area contributed by atoms with Crippen molar-refractivity contribution < 1.29 is 14.3 Å². The summed E-state index contributed by atoms with van der Waals surface area (Å²) in [6.07, 6.45) is 2.46. The smallest absolute Gasteiger partial charge is 0.339 e. The minimum absolute atomic E-state index is 0.237. The van der Waals surface area contributed by atoms with Gasteiger partial charge in [0.25, 0.3) is 0 Å². The second-order valence-corrected chi connectivity index (χ2v) is 5.53. The number of carbonyl (C=O) groups is 1. The Morgan fingerprint density at radius 3 is 2.68 bits per heavy atom. The molecule has 0 spiro atoms. The molecule has 0 aliphatic carbocycles. The Balaban J connectivity index is 2.59. The zero-order valence-electron chi connectivity index (χ0n) is 12.1. The topological polar surface area (TPSA) is 65.7 Å². The third kappa shape index (κ3) is 5.44. The number of carboxylic acid groups (broad SMARTS) is 1. The van der Waals surface area contributed by atoms with Crippen LogP contribution in [0.25, 0.3) is 0 Å². The number of nitrogens with zero attached hydrogens (tertiary/aromatic N) is 1. The minimum Gasteiger partial charge on any atom is -0.478 e. The van der Waals surface area contributed by atoms with Gasteiger partial charge in [0.2, 0.25) is 0 Å². The molecule has 2 N–H and O–H groups in total. The predicted molar refractivity (Wildman–Crippen MR) is 74.3 cm³/mol. The summed E-state index contributed by atoms with van der Waals surface area (Å²) in [5.74, 6) is 0.131. The van der Waals surface area contributed by atoms with Gasteiger partial charge in [-0.3, -0.25) is 0 Å². The monoisotopic (exact) mass is 268 g/mol. The van der Waals surface area contributed by atoms with Crippen molar-refractivity contribution in [3.05, 3.63) is 23.7 Å². The van der Waals surface area contributed by atoms with Crippen LogP contribution in [0.1, 0.15) is 36.4 Å². The van der Waals surface area contributed by atoms with Crippen LogP contribution in [-0.2, 0) is 6.54 Å². The van der Waals surface area contributed by atoms with Crippen LogP contribution in [0.2, 0.25) is 0 Å². The molecule has 0 saturated carbocycles. The lowest BCUT2D eigenvalue weighted by molar-refractivity contribution is 0.0694. The Hall–Kier alpha value is -1.33. The molecule has 0 fully saturated rings. The molecule has 0 amide bonds. The lowest BCUT2D eigenvalue weighted by Crippen LogP contribution is -2.39. The fraction of sp³-hybridized carbons (Fsp3) is 0.643. The average Bonchev–Trinajstić information content (AvgIpc) is 2.72. The summed E-state index contributed by atoms with van der Waals surface area (Å²) in [5, 5.41) is 12.4. The predicted octanol–water partition coefficient (Wildman–Crippen LogP) is 2.04. The largest absolute Gasteiger partial charge is 0.478 e. The fourth-order valence-electron chi connectivity index (χ4n) is 2.14. The molecule has 5 heteroatoms. The van der Waals surface area contributed by atoms with Crippen LogP contribution in [0.3, 0.4) is 0 Å². The first-order valence-electron chi connectivity index (χ1n) is 6.58. The molecule has 1 rings (SSSR count). The maximum Gasteiger partial charge on any atom is 0.339 e. The normalized spacial score (nSPS) is 13.2. The van der Waals surface area contributed by atoms with Crippen LogP contribution in [0, 0.1) is 5.92 Å². The lowest BCUT2D eigenvalue weighted by Gasteiger charge is -2.23. The molecule has 0 aromatic carbocycles. The Bertz CT molecular complexity index is 389. The number of rotatable bonds is 8. The molecular formula is C14H24N2O3. The number of carboxylic acids is 1. The third-order valence-electron chi connectivity index (χ3n) is 2.87. The number of nitrogens with one attached hydrogen (secondary N) is 1. The van der Waals surface area contributed by atoms with Gasteiger partial charge in [0.15, 0.2) is 0 Å². The molecule has 1 aromatic heterocycles. The summed E-state index contributed by atoms with van der Waals surface area (Å²) in [4.78, 5) is 13.1. The zero-order valence-corrected chi connectivity index (χ0v) is 12.1. The van der Waals surface area contributed by atoms with Crippen LogP contribution >= 0.6 is 0 Å². The molecular weight excluding hydrogens is 244 g/mol. The summed E-state index contributed by atoms with van der Waals surface area (Å²) in [7, 11) is 4.06. The molecule has 1 aromatic rings. The molecule has 0 aliphatic heterocycles. The van der Waals surface area contributed by atoms with Crippen molar-refractivity contribution in [2.75, 3.05) is 20.6 Å². The van der Waals surface area contributed by atoms with E-state index in [1.165, 1.54) is 12.3 Å². The number of hydrogen-bond acceptors (Lipinski definition) is 4. The maximum absolute atomic E-state index is 11.0. The molecule has 0 saturated heterocycles. The highest BCUT2D eigenvalue weighted by atomic mass is 16.4. The second kappa shape index (κ2) is 7.31. The third-order valence-corrected chi connectivity index (χ3v) is 2.87. The van der Waals surface area contributed by atoms with Gasteiger partial charge in [0.05, 0.1) is 12.8 Å². The number of likely N-dealkylation sites (N-methyl/N-ethyl adjacent to an activating group) is 1. The molecule has 1 atom stereocenters. The van der Waals surface area contributed by atoms with Crippen LogP contribution in [0.4, 0.5) is 0 Å². The first-order chi connectivity index (χ1) is 8.90. The van der Waals surface area contributed by atoms with Gasteiger partial charge in [-0.1, -0.05) is 13.8 Å². The minimum atomic E-state index is -0.946. The summed E-state index contributed by atoms with van der Waals surface area (Å²) >= 11 is 0. The van der Waals surface area contributed by atoms with Gasteiger partial charge >= 0.3 is 5.97 Å². The Morgan fingerprint density at radius 1 is 1.47 bits per heavy atom. The highest BCUT2D eigenvalue weighted by Gasteiger charge is 2.16. The van der Waals surface area contributed by atoms with E-state index < -0.39 is 5.97 Å². The molecule has 1 unspecified atom stereocenters. The average molecular weight is 268 g/mol. The van der Waals surface area contributed by atoms with Gasteiger partial charge in [-0.2, -0.15) is 0 Å². The van der Waals surface area contributed by atoms with E-state index in [1.807, 2.05) is 14.1 Å². The molecule has 108 valence electrons. The van der Waals surface area contributed by atoms with E-state index in [0.29, 0.717) is 24.3 Å². The second-order valence-electron chi connectivity index (χ2n) is 5.53. The maximum atomic E-state index is 11.0. The SMILES string of the molecule is CC(C)CC(CN(C)C)NCc1occc1C(=O)O. The molecule has 0 radical (unpaired) electrons. The Morgan fingerprint density at radius 2 is 2.16 bits per heavy atom. The van der Waals surface area contributed by atoms with Crippen molar-refractivity contribution >= 4 is 5.97 Å². The molecule has 5 nitrogen and oxygen atoms in total. The van der Waals surface area contributed by atoms with Crippen molar-refractivity contribution in [3.8, 4) is 0 Å². The van der Waals surface area contributed by atoms with Crippen LogP contribution in [0.15, 0.2) is 16.7 Å². The fourth-order valence-corrected chi connectivity index (χ4v) is 2.14. The van der Waals surface area contributed by atoms with Gasteiger partial charge in [-0.15, -0.1) is 0 Å². The van der Waals surface area contributed by atoms with Crippen molar-refractivity contribution in [1.82, 2.24) is 10.2 Å². The van der Waals surface area contributed by atoms with Crippen LogP contribution in [0.5, 0.6) is 0 Å². The molecule has 0 aliphatic rings. The lowest BCUT2D eigenvalue weighted by atomic mass is 10.0.